The normalized spacial score (nSPS) is 18.7. The molecule has 0 aromatic heterocycles. The van der Waals surface area contributed by atoms with Crippen LogP contribution in [0.25, 0.3) is 0 Å². The van der Waals surface area contributed by atoms with Crippen molar-refractivity contribution in [3.63, 3.8) is 0 Å². The number of hydrogen-bond donors (Lipinski definition) is 1. The molecular weight excluding hydrogens is 379 g/mol. The molecule has 0 saturated heterocycles. The first-order valence-electron chi connectivity index (χ1n) is 9.15. The van der Waals surface area contributed by atoms with E-state index in [4.69, 9.17) is 34.2 Å². The van der Waals surface area contributed by atoms with Crippen molar-refractivity contribution in [3.8, 4) is 6.07 Å². The topological polar surface area (TPSA) is 66.9 Å². The number of carbonyl (C=O) groups excluding carboxylic acids is 1. The SMILES string of the molecule is N#CC1(c2cccc(Cl)c2)CCC1.NC(=O)C1(c2cccc(Cl)c2)CCC1. The maximum Gasteiger partial charge on any atom is 0.228 e. The number of benzene rings is 2. The lowest BCUT2D eigenvalue weighted by molar-refractivity contribution is -0.126. The molecule has 3 nitrogen and oxygen atoms in total. The van der Waals surface area contributed by atoms with E-state index in [1.807, 2.05) is 42.5 Å². The quantitative estimate of drug-likeness (QED) is 0.735. The molecular formula is C22H22Cl2N2O. The molecule has 4 rings (SSSR count). The van der Waals surface area contributed by atoms with Crippen LogP contribution in [0.1, 0.15) is 49.7 Å². The number of nitriles is 1. The molecule has 0 spiro atoms. The minimum Gasteiger partial charge on any atom is -0.369 e. The van der Waals surface area contributed by atoms with Crippen molar-refractivity contribution in [1.82, 2.24) is 0 Å². The van der Waals surface area contributed by atoms with Crippen LogP contribution in [-0.4, -0.2) is 5.91 Å². The van der Waals surface area contributed by atoms with Crippen molar-refractivity contribution < 1.29 is 4.79 Å². The standard InChI is InChI=1S/C11H12ClNO.C11H10ClN/c12-9-4-1-3-8(7-9)11(10(13)14)5-2-6-11;12-10-4-1-3-9(7-10)11(8-13)5-2-6-11/h1,3-4,7H,2,5-6H2,(H2,13,14);1,3-4,7H,2,5-6H2. The molecule has 2 fully saturated rings. The molecule has 2 aromatic carbocycles. The lowest BCUT2D eigenvalue weighted by Gasteiger charge is -2.39. The summed E-state index contributed by atoms with van der Waals surface area (Å²) in [5.41, 5.74) is 6.80. The molecule has 0 unspecified atom stereocenters. The van der Waals surface area contributed by atoms with Crippen molar-refractivity contribution in [1.29, 1.82) is 5.26 Å². The zero-order chi connectivity index (χ0) is 19.5. The highest BCUT2D eigenvalue weighted by atomic mass is 35.5. The van der Waals surface area contributed by atoms with Crippen molar-refractivity contribution >= 4 is 29.1 Å². The summed E-state index contributed by atoms with van der Waals surface area (Å²) in [4.78, 5) is 11.4. The van der Waals surface area contributed by atoms with Crippen LogP contribution < -0.4 is 5.73 Å². The molecule has 2 aromatic rings. The Morgan fingerprint density at radius 2 is 1.44 bits per heavy atom. The minimum absolute atomic E-state index is 0.231. The smallest absolute Gasteiger partial charge is 0.228 e. The van der Waals surface area contributed by atoms with Crippen LogP contribution in [0.15, 0.2) is 48.5 Å². The van der Waals surface area contributed by atoms with Gasteiger partial charge in [-0.3, -0.25) is 4.79 Å². The molecule has 0 aliphatic heterocycles. The summed E-state index contributed by atoms with van der Waals surface area (Å²) in [5, 5.41) is 10.5. The van der Waals surface area contributed by atoms with Gasteiger partial charge in [0.15, 0.2) is 0 Å². The van der Waals surface area contributed by atoms with Crippen LogP contribution in [0.2, 0.25) is 10.0 Å². The number of primary amides is 1. The van der Waals surface area contributed by atoms with Crippen molar-refractivity contribution in [2.45, 2.75) is 49.4 Å². The molecule has 27 heavy (non-hydrogen) atoms. The maximum atomic E-state index is 11.4. The van der Waals surface area contributed by atoms with Crippen LogP contribution in [0.3, 0.4) is 0 Å². The first-order chi connectivity index (χ1) is 12.9. The Morgan fingerprint density at radius 3 is 1.81 bits per heavy atom. The average Bonchev–Trinajstić information content (AvgIpc) is 2.54. The Hall–Kier alpha value is -2.02. The van der Waals surface area contributed by atoms with E-state index in [-0.39, 0.29) is 11.3 Å². The van der Waals surface area contributed by atoms with E-state index in [0.29, 0.717) is 5.02 Å². The number of nitrogens with two attached hydrogens (primary N) is 1. The van der Waals surface area contributed by atoms with E-state index < -0.39 is 5.41 Å². The predicted molar refractivity (Wildman–Crippen MR) is 109 cm³/mol. The number of halogens is 2. The summed E-state index contributed by atoms with van der Waals surface area (Å²) in [6, 6.07) is 17.5. The van der Waals surface area contributed by atoms with Gasteiger partial charge in [-0.2, -0.15) is 5.26 Å². The van der Waals surface area contributed by atoms with Gasteiger partial charge in [0, 0.05) is 10.0 Å². The third-order valence-electron chi connectivity index (χ3n) is 5.85. The van der Waals surface area contributed by atoms with Gasteiger partial charge in [0.2, 0.25) is 5.91 Å². The summed E-state index contributed by atoms with van der Waals surface area (Å²) in [6.07, 6.45) is 5.87. The Balaban J connectivity index is 0.000000156. The van der Waals surface area contributed by atoms with Gasteiger partial charge in [-0.25, -0.2) is 0 Å². The third kappa shape index (κ3) is 3.83. The van der Waals surface area contributed by atoms with E-state index >= 15 is 0 Å². The highest BCUT2D eigenvalue weighted by Gasteiger charge is 2.44. The third-order valence-corrected chi connectivity index (χ3v) is 6.32. The molecule has 0 bridgehead atoms. The van der Waals surface area contributed by atoms with E-state index in [0.717, 1.165) is 54.7 Å². The lowest BCUT2D eigenvalue weighted by Crippen LogP contribution is -2.46. The van der Waals surface area contributed by atoms with Crippen LogP contribution in [0.4, 0.5) is 0 Å². The highest BCUT2D eigenvalue weighted by Crippen LogP contribution is 2.44. The van der Waals surface area contributed by atoms with Gasteiger partial charge in [0.25, 0.3) is 0 Å². The van der Waals surface area contributed by atoms with Gasteiger partial charge in [0.05, 0.1) is 16.9 Å². The average molecular weight is 401 g/mol. The van der Waals surface area contributed by atoms with Crippen LogP contribution in [-0.2, 0) is 15.6 Å². The molecule has 2 saturated carbocycles. The fraction of sp³-hybridized carbons (Fsp3) is 0.364. The Kier molecular flexibility index (Phi) is 5.79. The summed E-state index contributed by atoms with van der Waals surface area (Å²) < 4.78 is 0. The Bertz CT molecular complexity index is 880. The van der Waals surface area contributed by atoms with Crippen molar-refractivity contribution in [3.05, 3.63) is 69.7 Å². The molecule has 0 atom stereocenters. The molecule has 140 valence electrons. The first kappa shape index (κ1) is 19.7. The Labute approximate surface area is 170 Å². The van der Waals surface area contributed by atoms with Gasteiger partial charge in [-0.1, -0.05) is 53.9 Å². The number of carbonyl (C=O) groups is 1. The van der Waals surface area contributed by atoms with E-state index in [1.54, 1.807) is 6.07 Å². The molecule has 1 amide bonds. The summed E-state index contributed by atoms with van der Waals surface area (Å²) >= 11 is 11.8. The number of hydrogen-bond acceptors (Lipinski definition) is 2. The molecule has 2 aliphatic carbocycles. The van der Waals surface area contributed by atoms with Gasteiger partial charge in [-0.05, 0) is 67.5 Å². The molecule has 5 heteroatoms. The molecule has 2 N–H and O–H groups in total. The second kappa shape index (κ2) is 7.92. The fourth-order valence-electron chi connectivity index (χ4n) is 3.78. The minimum atomic E-state index is -0.440. The molecule has 0 radical (unpaired) electrons. The van der Waals surface area contributed by atoms with Crippen LogP contribution in [0, 0.1) is 11.3 Å². The van der Waals surface area contributed by atoms with Gasteiger partial charge < -0.3 is 5.73 Å². The number of rotatable bonds is 3. The lowest BCUT2D eigenvalue weighted by atomic mass is 9.64. The number of nitrogens with zero attached hydrogens (tertiary/aromatic N) is 1. The van der Waals surface area contributed by atoms with Gasteiger partial charge in [0.1, 0.15) is 0 Å². The second-order valence-corrected chi connectivity index (χ2v) is 8.24. The maximum absolute atomic E-state index is 11.4. The van der Waals surface area contributed by atoms with Crippen LogP contribution in [0.5, 0.6) is 0 Å². The van der Waals surface area contributed by atoms with E-state index in [9.17, 15) is 4.79 Å². The van der Waals surface area contributed by atoms with Crippen LogP contribution >= 0.6 is 23.2 Å². The predicted octanol–water partition coefficient (Wildman–Crippen LogP) is 5.53. The molecule has 0 heterocycles. The zero-order valence-electron chi connectivity index (χ0n) is 15.1. The van der Waals surface area contributed by atoms with Crippen molar-refractivity contribution in [2.24, 2.45) is 5.73 Å². The number of amides is 1. The first-order valence-corrected chi connectivity index (χ1v) is 9.91. The molecule has 2 aliphatic rings. The Morgan fingerprint density at radius 1 is 0.926 bits per heavy atom. The largest absolute Gasteiger partial charge is 0.369 e. The monoisotopic (exact) mass is 400 g/mol. The van der Waals surface area contributed by atoms with Gasteiger partial charge >= 0.3 is 0 Å². The summed E-state index contributed by atoms with van der Waals surface area (Å²) in [7, 11) is 0. The zero-order valence-corrected chi connectivity index (χ0v) is 16.6. The fourth-order valence-corrected chi connectivity index (χ4v) is 4.16. The van der Waals surface area contributed by atoms with E-state index in [2.05, 4.69) is 6.07 Å². The second-order valence-electron chi connectivity index (χ2n) is 7.37. The van der Waals surface area contributed by atoms with Gasteiger partial charge in [-0.15, -0.1) is 0 Å². The van der Waals surface area contributed by atoms with Crippen molar-refractivity contribution in [2.75, 3.05) is 0 Å². The summed E-state index contributed by atoms with van der Waals surface area (Å²) in [5.74, 6) is -0.231. The van der Waals surface area contributed by atoms with E-state index in [1.165, 1.54) is 0 Å². The highest BCUT2D eigenvalue weighted by molar-refractivity contribution is 6.31. The summed E-state index contributed by atoms with van der Waals surface area (Å²) in [6.45, 7) is 0.